The normalized spacial score (nSPS) is 42.1. The van der Waals surface area contributed by atoms with E-state index in [0.29, 0.717) is 19.3 Å². The van der Waals surface area contributed by atoms with Gasteiger partial charge in [0.2, 0.25) is 0 Å². The van der Waals surface area contributed by atoms with E-state index in [1.54, 1.807) is 26.0 Å². The van der Waals surface area contributed by atoms with Crippen LogP contribution >= 0.6 is 7.60 Å². The molecule has 0 aromatic rings. The summed E-state index contributed by atoms with van der Waals surface area (Å²) in [7, 11) is -3.48. The van der Waals surface area contributed by atoms with Crippen molar-refractivity contribution in [2.24, 2.45) is 28.6 Å². The van der Waals surface area contributed by atoms with Crippen LogP contribution < -0.4 is 0 Å². The standard InChI is InChI=1S/C30H45O9P/c1-6-9-26-38-25-15-22-21-11-10-19-14-20(31)12-13-28(19,4)27(21)23(32)16-29(22,5)30(25,39-26)24(33)17-35-18-40(34,36-7-2)37-8-3/h12-14,21-23,25-27,32H,6-11,15-18H2,1-5H3/t21-,22-,23-,25+,26?,27+,28-,29-,30+/m0/s1. The highest BCUT2D eigenvalue weighted by Crippen LogP contribution is 2.69. The van der Waals surface area contributed by atoms with Crippen molar-refractivity contribution >= 4 is 19.2 Å². The minimum Gasteiger partial charge on any atom is -0.393 e. The summed E-state index contributed by atoms with van der Waals surface area (Å²) in [6.45, 7) is 9.80. The minimum absolute atomic E-state index is 0.00278. The molecule has 40 heavy (non-hydrogen) atoms. The van der Waals surface area contributed by atoms with Gasteiger partial charge in [-0.05, 0) is 69.9 Å². The average Bonchev–Trinajstić information content (AvgIpc) is 3.37. The zero-order valence-corrected chi connectivity index (χ0v) is 25.3. The lowest BCUT2D eigenvalue weighted by Crippen LogP contribution is -2.63. The van der Waals surface area contributed by atoms with E-state index in [0.717, 1.165) is 24.8 Å². The molecule has 0 spiro atoms. The van der Waals surface area contributed by atoms with Crippen molar-refractivity contribution in [1.29, 1.82) is 0 Å². The molecule has 9 nitrogen and oxygen atoms in total. The Kier molecular flexibility index (Phi) is 8.43. The van der Waals surface area contributed by atoms with Gasteiger partial charge in [-0.1, -0.05) is 38.8 Å². The number of fused-ring (bicyclic) bond motifs is 7. The number of carbonyl (C=O) groups is 2. The van der Waals surface area contributed by atoms with E-state index in [-0.39, 0.29) is 55.5 Å². The van der Waals surface area contributed by atoms with Crippen molar-refractivity contribution in [3.63, 3.8) is 0 Å². The van der Waals surface area contributed by atoms with Crippen molar-refractivity contribution < 1.29 is 42.5 Å². The van der Waals surface area contributed by atoms with Gasteiger partial charge in [0.25, 0.3) is 0 Å². The number of allylic oxidation sites excluding steroid dienone is 4. The lowest BCUT2D eigenvalue weighted by Gasteiger charge is -2.59. The maximum Gasteiger partial charge on any atom is 0.356 e. The van der Waals surface area contributed by atoms with Crippen LogP contribution in [0.3, 0.4) is 0 Å². The Balaban J connectivity index is 1.44. The fourth-order valence-corrected chi connectivity index (χ4v) is 10.2. The maximum atomic E-state index is 14.2. The van der Waals surface area contributed by atoms with Gasteiger partial charge in [-0.3, -0.25) is 14.2 Å². The molecule has 1 N–H and O–H groups in total. The van der Waals surface area contributed by atoms with Crippen LogP contribution in [0.25, 0.3) is 0 Å². The summed E-state index contributed by atoms with van der Waals surface area (Å²) < 4.78 is 42.4. The Labute approximate surface area is 237 Å². The van der Waals surface area contributed by atoms with E-state index < -0.39 is 42.5 Å². The van der Waals surface area contributed by atoms with Crippen molar-refractivity contribution in [2.75, 3.05) is 26.2 Å². The Morgan fingerprint density at radius 3 is 2.60 bits per heavy atom. The van der Waals surface area contributed by atoms with Crippen molar-refractivity contribution in [3.05, 3.63) is 23.8 Å². The van der Waals surface area contributed by atoms with Gasteiger partial charge in [0.1, 0.15) is 13.0 Å². The van der Waals surface area contributed by atoms with E-state index in [2.05, 4.69) is 13.8 Å². The summed E-state index contributed by atoms with van der Waals surface area (Å²) in [5, 5.41) is 11.8. The summed E-state index contributed by atoms with van der Waals surface area (Å²) in [5.41, 5.74) is -1.28. The Hall–Kier alpha value is -1.19. The van der Waals surface area contributed by atoms with Gasteiger partial charge in [0, 0.05) is 16.7 Å². The van der Waals surface area contributed by atoms with Crippen LogP contribution in [0.4, 0.5) is 0 Å². The minimum atomic E-state index is -3.48. The van der Waals surface area contributed by atoms with E-state index in [1.807, 2.05) is 13.0 Å². The number of ether oxygens (including phenoxy) is 3. The van der Waals surface area contributed by atoms with Crippen LogP contribution in [0.1, 0.15) is 73.1 Å². The number of hydrogen-bond donors (Lipinski definition) is 1. The van der Waals surface area contributed by atoms with E-state index in [9.17, 15) is 19.3 Å². The molecule has 1 aliphatic heterocycles. The third-order valence-corrected chi connectivity index (χ3v) is 12.2. The molecular formula is C30H45O9P. The molecule has 4 aliphatic carbocycles. The third kappa shape index (κ3) is 4.64. The quantitative estimate of drug-likeness (QED) is 0.338. The summed E-state index contributed by atoms with van der Waals surface area (Å²) in [6, 6.07) is 0. The fraction of sp³-hybridized carbons (Fsp3) is 0.800. The van der Waals surface area contributed by atoms with Crippen LogP contribution in [0, 0.1) is 28.6 Å². The van der Waals surface area contributed by atoms with E-state index in [4.69, 9.17) is 23.3 Å². The summed E-state index contributed by atoms with van der Waals surface area (Å²) in [4.78, 5) is 26.4. The molecule has 10 heteroatoms. The van der Waals surface area contributed by atoms with Crippen molar-refractivity contribution in [3.8, 4) is 0 Å². The van der Waals surface area contributed by atoms with Crippen molar-refractivity contribution in [2.45, 2.75) is 97.2 Å². The predicted octanol–water partition coefficient (Wildman–Crippen LogP) is 4.96. The second-order valence-electron chi connectivity index (χ2n) is 12.5. The molecule has 3 saturated carbocycles. The van der Waals surface area contributed by atoms with Gasteiger partial charge < -0.3 is 28.4 Å². The van der Waals surface area contributed by atoms with Gasteiger partial charge in [0.15, 0.2) is 23.5 Å². The molecule has 0 bridgehead atoms. The molecule has 0 aromatic heterocycles. The molecule has 0 amide bonds. The first-order chi connectivity index (χ1) is 19.0. The number of Topliss-reactive ketones (excluding diaryl/α,β-unsaturated/α-hetero) is 1. The number of aliphatic hydroxyl groups excluding tert-OH is 1. The summed E-state index contributed by atoms with van der Waals surface area (Å²) >= 11 is 0. The smallest absolute Gasteiger partial charge is 0.356 e. The van der Waals surface area contributed by atoms with Crippen LogP contribution in [-0.2, 0) is 37.4 Å². The Morgan fingerprint density at radius 1 is 1.20 bits per heavy atom. The molecule has 5 rings (SSSR count). The number of hydrogen-bond acceptors (Lipinski definition) is 9. The molecule has 1 heterocycles. The van der Waals surface area contributed by atoms with Gasteiger partial charge in [-0.25, -0.2) is 0 Å². The second-order valence-corrected chi connectivity index (χ2v) is 14.5. The van der Waals surface area contributed by atoms with Crippen LogP contribution in [0.2, 0.25) is 0 Å². The highest BCUT2D eigenvalue weighted by molar-refractivity contribution is 7.53. The second kappa shape index (κ2) is 11.1. The number of ketones is 2. The maximum absolute atomic E-state index is 14.2. The summed E-state index contributed by atoms with van der Waals surface area (Å²) in [6.07, 6.45) is 7.54. The highest BCUT2D eigenvalue weighted by atomic mass is 31.2. The molecule has 5 aliphatic rings. The van der Waals surface area contributed by atoms with Crippen LogP contribution in [-0.4, -0.2) is 66.9 Å². The van der Waals surface area contributed by atoms with Gasteiger partial charge >= 0.3 is 7.60 Å². The average molecular weight is 581 g/mol. The number of carbonyl (C=O) groups excluding carboxylic acids is 2. The van der Waals surface area contributed by atoms with Crippen LogP contribution in [0.15, 0.2) is 23.8 Å². The topological polar surface area (TPSA) is 118 Å². The van der Waals surface area contributed by atoms with E-state index in [1.165, 1.54) is 0 Å². The SMILES string of the molecule is CCCC1O[C@@H]2C[C@H]3[C@@H]4CCC5=CC(=O)C=C[C@]5(C)[C@H]4[C@@H](O)C[C@]3(C)[C@]2(C(=O)COCP(=O)(OCC)OCC)O1. The van der Waals surface area contributed by atoms with Crippen molar-refractivity contribution in [1.82, 2.24) is 0 Å². The lowest BCUT2D eigenvalue weighted by molar-refractivity contribution is -0.201. The lowest BCUT2D eigenvalue weighted by atomic mass is 9.46. The first-order valence-corrected chi connectivity index (χ1v) is 16.7. The largest absolute Gasteiger partial charge is 0.393 e. The predicted molar refractivity (Wildman–Crippen MR) is 147 cm³/mol. The molecule has 1 unspecified atom stereocenters. The molecule has 224 valence electrons. The third-order valence-electron chi connectivity index (χ3n) is 10.4. The first-order valence-electron chi connectivity index (χ1n) is 14.9. The molecule has 4 fully saturated rings. The molecule has 0 aromatic carbocycles. The monoisotopic (exact) mass is 580 g/mol. The Bertz CT molecular complexity index is 1110. The Morgan fingerprint density at radius 2 is 1.93 bits per heavy atom. The van der Waals surface area contributed by atoms with Gasteiger partial charge in [0.05, 0.1) is 25.4 Å². The number of aliphatic hydroxyl groups is 1. The zero-order chi connectivity index (χ0) is 28.9. The van der Waals surface area contributed by atoms with Crippen LogP contribution in [0.5, 0.6) is 0 Å². The summed E-state index contributed by atoms with van der Waals surface area (Å²) in [5.74, 6) is -0.0930. The van der Waals surface area contributed by atoms with E-state index >= 15 is 0 Å². The fourth-order valence-electron chi connectivity index (χ4n) is 8.87. The molecule has 9 atom stereocenters. The highest BCUT2D eigenvalue weighted by Gasteiger charge is 2.75. The first kappa shape index (κ1) is 30.3. The number of rotatable bonds is 11. The molecule has 1 saturated heterocycles. The molecular weight excluding hydrogens is 535 g/mol. The zero-order valence-electron chi connectivity index (χ0n) is 24.4. The van der Waals surface area contributed by atoms with Gasteiger partial charge in [-0.2, -0.15) is 0 Å². The molecule has 0 radical (unpaired) electrons. The van der Waals surface area contributed by atoms with Gasteiger partial charge in [-0.15, -0.1) is 0 Å².